The third-order valence-corrected chi connectivity index (χ3v) is 5.02. The van der Waals surface area contributed by atoms with Crippen molar-refractivity contribution in [3.05, 3.63) is 47.2 Å². The molecular weight excluding hydrogens is 338 g/mol. The number of amides is 1. The van der Waals surface area contributed by atoms with Crippen LogP contribution in [0.3, 0.4) is 0 Å². The number of para-hydroxylation sites is 1. The smallest absolute Gasteiger partial charge is 0.259 e. The first-order valence-electron chi connectivity index (χ1n) is 8.11. The van der Waals surface area contributed by atoms with Crippen LogP contribution < -0.4 is 10.6 Å². The quantitative estimate of drug-likeness (QED) is 0.741. The van der Waals surface area contributed by atoms with E-state index < -0.39 is 0 Å². The van der Waals surface area contributed by atoms with Crippen LogP contribution in [0, 0.1) is 0 Å². The summed E-state index contributed by atoms with van der Waals surface area (Å²) in [7, 11) is 0. The number of thiazole rings is 1. The fourth-order valence-corrected chi connectivity index (χ4v) is 3.74. The van der Waals surface area contributed by atoms with E-state index >= 15 is 0 Å². The van der Waals surface area contributed by atoms with Gasteiger partial charge in [-0.3, -0.25) is 10.1 Å². The lowest BCUT2D eigenvalue weighted by molar-refractivity contribution is 0.102. The van der Waals surface area contributed by atoms with Crippen molar-refractivity contribution in [3.63, 3.8) is 0 Å². The Morgan fingerprint density at radius 3 is 2.92 bits per heavy atom. The van der Waals surface area contributed by atoms with Gasteiger partial charge in [0.2, 0.25) is 0 Å². The van der Waals surface area contributed by atoms with Gasteiger partial charge in [-0.05, 0) is 48.5 Å². The lowest BCUT2D eigenvalue weighted by Crippen LogP contribution is -2.26. The number of anilines is 1. The van der Waals surface area contributed by atoms with Crippen LogP contribution >= 0.6 is 11.3 Å². The molecule has 1 fully saturated rings. The fraction of sp³-hybridized carbons (Fsp3) is 0.312. The summed E-state index contributed by atoms with van der Waals surface area (Å²) in [5.41, 5.74) is 2.18. The van der Waals surface area contributed by atoms with Gasteiger partial charge in [0.15, 0.2) is 5.13 Å². The van der Waals surface area contributed by atoms with E-state index in [1.165, 1.54) is 22.3 Å². The minimum atomic E-state index is -0.225. The average Bonchev–Trinajstić information content (AvgIpc) is 3.34. The molecule has 1 saturated heterocycles. The molecule has 2 N–H and O–H groups in total. The van der Waals surface area contributed by atoms with Crippen molar-refractivity contribution >= 4 is 22.4 Å². The first kappa shape index (κ1) is 15.9. The maximum absolute atomic E-state index is 12.7. The second-order valence-corrected chi connectivity index (χ2v) is 6.69. The molecule has 3 heterocycles. The Balaban J connectivity index is 1.52. The molecule has 1 aliphatic heterocycles. The number of aromatic nitrogens is 5. The molecule has 0 bridgehead atoms. The lowest BCUT2D eigenvalue weighted by atomic mass is 9.96. The molecule has 0 spiro atoms. The van der Waals surface area contributed by atoms with Gasteiger partial charge in [-0.15, -0.1) is 16.4 Å². The summed E-state index contributed by atoms with van der Waals surface area (Å²) in [4.78, 5) is 17.3. The molecule has 0 atom stereocenters. The van der Waals surface area contributed by atoms with E-state index in [9.17, 15) is 4.79 Å². The van der Waals surface area contributed by atoms with Crippen molar-refractivity contribution in [2.75, 3.05) is 18.4 Å². The second-order valence-electron chi connectivity index (χ2n) is 5.83. The number of tetrazole rings is 1. The van der Waals surface area contributed by atoms with Gasteiger partial charge in [0.25, 0.3) is 5.91 Å². The Labute approximate surface area is 148 Å². The number of nitrogens with one attached hydrogen (secondary N) is 2. The Bertz CT molecular complexity index is 855. The summed E-state index contributed by atoms with van der Waals surface area (Å²) in [6.07, 6.45) is 3.63. The Hall–Kier alpha value is -2.65. The van der Waals surface area contributed by atoms with Gasteiger partial charge in [0.05, 0.1) is 16.9 Å². The molecule has 8 nitrogen and oxygen atoms in total. The van der Waals surface area contributed by atoms with E-state index in [1.807, 2.05) is 17.5 Å². The summed E-state index contributed by atoms with van der Waals surface area (Å²) in [5.74, 6) is 0.244. The molecule has 9 heteroatoms. The molecule has 1 aromatic carbocycles. The van der Waals surface area contributed by atoms with Crippen molar-refractivity contribution in [2.45, 2.75) is 18.8 Å². The monoisotopic (exact) mass is 355 g/mol. The van der Waals surface area contributed by atoms with Crippen molar-refractivity contribution in [3.8, 4) is 5.69 Å². The molecule has 25 heavy (non-hydrogen) atoms. The normalized spacial score (nSPS) is 15.2. The Morgan fingerprint density at radius 1 is 1.28 bits per heavy atom. The Morgan fingerprint density at radius 2 is 2.12 bits per heavy atom. The maximum Gasteiger partial charge on any atom is 0.259 e. The van der Waals surface area contributed by atoms with E-state index in [0.717, 1.165) is 31.6 Å². The first-order valence-corrected chi connectivity index (χ1v) is 8.99. The number of benzene rings is 1. The van der Waals surface area contributed by atoms with Crippen molar-refractivity contribution in [1.82, 2.24) is 30.5 Å². The number of carbonyl (C=O) groups is 1. The third-order valence-electron chi connectivity index (χ3n) is 4.24. The van der Waals surface area contributed by atoms with Crippen molar-refractivity contribution < 1.29 is 4.79 Å². The van der Waals surface area contributed by atoms with Crippen LogP contribution in [0.4, 0.5) is 5.13 Å². The molecular formula is C16H17N7OS. The van der Waals surface area contributed by atoms with E-state index in [1.54, 1.807) is 12.1 Å². The summed E-state index contributed by atoms with van der Waals surface area (Å²) < 4.78 is 1.47. The Kier molecular flexibility index (Phi) is 4.49. The molecule has 1 aliphatic rings. The van der Waals surface area contributed by atoms with Gasteiger partial charge in [0, 0.05) is 11.3 Å². The number of piperidine rings is 1. The molecule has 0 radical (unpaired) electrons. The zero-order chi connectivity index (χ0) is 17.1. The highest BCUT2D eigenvalue weighted by molar-refractivity contribution is 7.14. The summed E-state index contributed by atoms with van der Waals surface area (Å²) >= 11 is 1.46. The molecule has 0 saturated carbocycles. The van der Waals surface area contributed by atoms with Crippen LogP contribution in [0.5, 0.6) is 0 Å². The highest BCUT2D eigenvalue weighted by Gasteiger charge is 2.19. The fourth-order valence-electron chi connectivity index (χ4n) is 2.95. The van der Waals surface area contributed by atoms with Crippen LogP contribution in [0.2, 0.25) is 0 Å². The number of nitrogens with zero attached hydrogens (tertiary/aromatic N) is 5. The van der Waals surface area contributed by atoms with E-state index in [2.05, 4.69) is 31.1 Å². The van der Waals surface area contributed by atoms with Crippen molar-refractivity contribution in [2.24, 2.45) is 0 Å². The molecule has 3 aromatic rings. The van der Waals surface area contributed by atoms with E-state index in [0.29, 0.717) is 22.3 Å². The SMILES string of the molecule is O=C(Nc1nc(C2CCNCC2)cs1)c1ccccc1-n1cnnn1. The highest BCUT2D eigenvalue weighted by Crippen LogP contribution is 2.28. The number of rotatable bonds is 4. The highest BCUT2D eigenvalue weighted by atomic mass is 32.1. The molecule has 128 valence electrons. The number of hydrogen-bond donors (Lipinski definition) is 2. The van der Waals surface area contributed by atoms with Gasteiger partial charge in [-0.1, -0.05) is 12.1 Å². The molecule has 4 rings (SSSR count). The largest absolute Gasteiger partial charge is 0.317 e. The second kappa shape index (κ2) is 7.08. The topological polar surface area (TPSA) is 97.6 Å². The number of carbonyl (C=O) groups excluding carboxylic acids is 1. The predicted molar refractivity (Wildman–Crippen MR) is 94.1 cm³/mol. The summed E-state index contributed by atoms with van der Waals surface area (Å²) in [6.45, 7) is 2.03. The van der Waals surface area contributed by atoms with Gasteiger partial charge in [-0.25, -0.2) is 4.98 Å². The predicted octanol–water partition coefficient (Wildman–Crippen LogP) is 1.84. The minimum Gasteiger partial charge on any atom is -0.317 e. The maximum atomic E-state index is 12.7. The molecule has 0 aliphatic carbocycles. The standard InChI is InChI=1S/C16H17N7OS/c24-15(12-3-1-2-4-14(12)23-10-18-21-22-23)20-16-19-13(9-25-16)11-5-7-17-8-6-11/h1-4,9-11,17H,5-8H2,(H,19,20,24). The average molecular weight is 355 g/mol. The van der Waals surface area contributed by atoms with E-state index in [4.69, 9.17) is 0 Å². The summed E-state index contributed by atoms with van der Waals surface area (Å²) in [6, 6.07) is 7.19. The molecule has 2 aromatic heterocycles. The van der Waals surface area contributed by atoms with Crippen molar-refractivity contribution in [1.29, 1.82) is 0 Å². The van der Waals surface area contributed by atoms with Gasteiger partial charge in [-0.2, -0.15) is 4.68 Å². The molecule has 0 unspecified atom stereocenters. The third kappa shape index (κ3) is 3.42. The van der Waals surface area contributed by atoms with E-state index in [-0.39, 0.29) is 5.91 Å². The van der Waals surface area contributed by atoms with Crippen LogP contribution in [-0.2, 0) is 0 Å². The van der Waals surface area contributed by atoms with Gasteiger partial charge in [0.1, 0.15) is 6.33 Å². The minimum absolute atomic E-state index is 0.225. The van der Waals surface area contributed by atoms with Crippen LogP contribution in [-0.4, -0.2) is 44.2 Å². The zero-order valence-electron chi connectivity index (χ0n) is 13.4. The van der Waals surface area contributed by atoms with Crippen LogP contribution in [0.15, 0.2) is 36.0 Å². The molecule has 1 amide bonds. The van der Waals surface area contributed by atoms with Crippen LogP contribution in [0.25, 0.3) is 5.69 Å². The summed E-state index contributed by atoms with van der Waals surface area (Å²) in [5, 5.41) is 20.0. The zero-order valence-corrected chi connectivity index (χ0v) is 14.2. The van der Waals surface area contributed by atoms with Gasteiger partial charge < -0.3 is 5.32 Å². The van der Waals surface area contributed by atoms with Gasteiger partial charge >= 0.3 is 0 Å². The number of hydrogen-bond acceptors (Lipinski definition) is 7. The lowest BCUT2D eigenvalue weighted by Gasteiger charge is -2.20. The van der Waals surface area contributed by atoms with Crippen LogP contribution in [0.1, 0.15) is 34.8 Å². The first-order chi connectivity index (χ1) is 12.3.